The van der Waals surface area contributed by atoms with Crippen LogP contribution in [-0.2, 0) is 17.9 Å². The Balaban J connectivity index is 1.55. The number of nitrogens with zero attached hydrogens (tertiary/aromatic N) is 3. The summed E-state index contributed by atoms with van der Waals surface area (Å²) in [6, 6.07) is 7.65. The molecule has 0 spiro atoms. The first kappa shape index (κ1) is 24.0. The first-order valence-electron chi connectivity index (χ1n) is 11.6. The first-order valence-corrected chi connectivity index (χ1v) is 12.0. The topological polar surface area (TPSA) is 102 Å². The van der Waals surface area contributed by atoms with Crippen molar-refractivity contribution < 1.29 is 9.53 Å². The lowest BCUT2D eigenvalue weighted by atomic mass is 9.88. The number of pyridine rings is 2. The summed E-state index contributed by atoms with van der Waals surface area (Å²) in [5, 5.41) is 4.43. The number of rotatable bonds is 7. The number of halogens is 1. The van der Waals surface area contributed by atoms with Crippen molar-refractivity contribution in [1.82, 2.24) is 15.3 Å². The van der Waals surface area contributed by atoms with Gasteiger partial charge in [-0.3, -0.25) is 14.8 Å². The number of ether oxygens (including phenoxy) is 1. The van der Waals surface area contributed by atoms with Crippen molar-refractivity contribution >= 4 is 34.2 Å². The number of aromatic nitrogens is 2. The van der Waals surface area contributed by atoms with Gasteiger partial charge < -0.3 is 15.8 Å². The van der Waals surface area contributed by atoms with Gasteiger partial charge in [-0.05, 0) is 37.5 Å². The van der Waals surface area contributed by atoms with Crippen LogP contribution in [0.4, 0.5) is 0 Å². The van der Waals surface area contributed by atoms with Crippen LogP contribution in [0.25, 0.3) is 10.9 Å². The minimum atomic E-state index is 0.0962. The normalized spacial score (nSPS) is 14.9. The highest BCUT2D eigenvalue weighted by molar-refractivity contribution is 6.31. The van der Waals surface area contributed by atoms with Crippen LogP contribution in [0.15, 0.2) is 41.7 Å². The monoisotopic (exact) mass is 479 g/mol. The number of hydrogen-bond acceptors (Lipinski definition) is 5. The Bertz CT molecular complexity index is 1220. The second kappa shape index (κ2) is 10.8. The van der Waals surface area contributed by atoms with Crippen molar-refractivity contribution in [1.29, 1.82) is 0 Å². The van der Waals surface area contributed by atoms with E-state index < -0.39 is 0 Å². The van der Waals surface area contributed by atoms with Crippen LogP contribution in [0, 0.1) is 12.8 Å². The molecule has 2 aromatic heterocycles. The van der Waals surface area contributed by atoms with Gasteiger partial charge in [-0.25, -0.2) is 4.98 Å². The molecule has 1 saturated carbocycles. The van der Waals surface area contributed by atoms with Gasteiger partial charge in [0.2, 0.25) is 5.91 Å². The lowest BCUT2D eigenvalue weighted by Crippen LogP contribution is -2.31. The molecule has 3 N–H and O–H groups in total. The second-order valence-electron chi connectivity index (χ2n) is 8.67. The summed E-state index contributed by atoms with van der Waals surface area (Å²) in [5.74, 6) is 1.26. The molecule has 1 aliphatic carbocycles. The van der Waals surface area contributed by atoms with E-state index >= 15 is 0 Å². The van der Waals surface area contributed by atoms with E-state index in [0.717, 1.165) is 53.5 Å². The van der Waals surface area contributed by atoms with Crippen LogP contribution >= 0.6 is 11.6 Å². The highest BCUT2D eigenvalue weighted by Crippen LogP contribution is 2.29. The maximum Gasteiger partial charge on any atom is 0.223 e. The van der Waals surface area contributed by atoms with Gasteiger partial charge in [0.25, 0.3) is 0 Å². The van der Waals surface area contributed by atoms with Gasteiger partial charge in [0, 0.05) is 54.1 Å². The van der Waals surface area contributed by atoms with Crippen molar-refractivity contribution in [2.75, 3.05) is 7.05 Å². The molecule has 0 aliphatic heterocycles. The van der Waals surface area contributed by atoms with E-state index in [1.165, 1.54) is 6.42 Å². The Morgan fingerprint density at radius 1 is 1.26 bits per heavy atom. The number of amides is 1. The largest absolute Gasteiger partial charge is 0.487 e. The molecule has 0 bridgehead atoms. The molecule has 1 aliphatic rings. The lowest BCUT2D eigenvalue weighted by Gasteiger charge is -2.21. The fourth-order valence-electron chi connectivity index (χ4n) is 4.46. The molecule has 8 heteroatoms. The molecular formula is C26H30ClN5O2. The number of nitrogens with two attached hydrogens (primary N) is 1. The van der Waals surface area contributed by atoms with E-state index in [-0.39, 0.29) is 18.4 Å². The molecule has 0 atom stereocenters. The van der Waals surface area contributed by atoms with Crippen molar-refractivity contribution in [2.45, 2.75) is 52.2 Å². The molecule has 1 amide bonds. The first-order chi connectivity index (χ1) is 16.5. The molecule has 0 saturated heterocycles. The number of fused-ring (bicyclic) bond motifs is 1. The molecular weight excluding hydrogens is 450 g/mol. The van der Waals surface area contributed by atoms with E-state index in [9.17, 15) is 4.79 Å². The van der Waals surface area contributed by atoms with Gasteiger partial charge in [-0.2, -0.15) is 0 Å². The number of aliphatic imine (C=N–C) groups is 1. The summed E-state index contributed by atoms with van der Waals surface area (Å²) >= 11 is 6.49. The van der Waals surface area contributed by atoms with Crippen LogP contribution < -0.4 is 15.8 Å². The Labute approximate surface area is 204 Å². The van der Waals surface area contributed by atoms with Gasteiger partial charge in [-0.1, -0.05) is 43.0 Å². The van der Waals surface area contributed by atoms with Gasteiger partial charge in [0.15, 0.2) is 0 Å². The van der Waals surface area contributed by atoms with Crippen LogP contribution in [0.3, 0.4) is 0 Å². The number of carbonyl (C=O) groups excluding carboxylic acids is 1. The third-order valence-electron chi connectivity index (χ3n) is 6.34. The Morgan fingerprint density at radius 2 is 2.06 bits per heavy atom. The quantitative estimate of drug-likeness (QED) is 0.377. The van der Waals surface area contributed by atoms with Gasteiger partial charge in [-0.15, -0.1) is 0 Å². The predicted molar refractivity (Wildman–Crippen MR) is 135 cm³/mol. The van der Waals surface area contributed by atoms with Crippen molar-refractivity contribution in [2.24, 2.45) is 16.6 Å². The molecule has 2 heterocycles. The average molecular weight is 480 g/mol. The maximum absolute atomic E-state index is 12.6. The van der Waals surface area contributed by atoms with E-state index in [4.69, 9.17) is 22.1 Å². The molecule has 4 rings (SSSR count). The van der Waals surface area contributed by atoms with E-state index in [2.05, 4.69) is 20.3 Å². The Kier molecular flexibility index (Phi) is 7.63. The fraction of sp³-hybridized carbons (Fsp3) is 0.385. The SMILES string of the molecule is CN=C(N)c1cc(C)nc2c(OCc3c(Cl)cncc3CNC(=O)C3CCCCC3)cccc12. The molecule has 7 nitrogen and oxygen atoms in total. The Morgan fingerprint density at radius 3 is 2.82 bits per heavy atom. The molecule has 34 heavy (non-hydrogen) atoms. The van der Waals surface area contributed by atoms with Crippen LogP contribution in [0.1, 0.15) is 54.5 Å². The smallest absolute Gasteiger partial charge is 0.223 e. The lowest BCUT2D eigenvalue weighted by molar-refractivity contribution is -0.126. The zero-order chi connectivity index (χ0) is 24.1. The number of carbonyl (C=O) groups is 1. The number of aryl methyl sites for hydroxylation is 1. The third-order valence-corrected chi connectivity index (χ3v) is 6.67. The molecule has 3 aromatic rings. The van der Waals surface area contributed by atoms with Gasteiger partial charge >= 0.3 is 0 Å². The van der Waals surface area contributed by atoms with Crippen molar-refractivity contribution in [3.05, 3.63) is 64.1 Å². The highest BCUT2D eigenvalue weighted by atomic mass is 35.5. The van der Waals surface area contributed by atoms with Crippen LogP contribution in [0.5, 0.6) is 5.75 Å². The highest BCUT2D eigenvalue weighted by Gasteiger charge is 2.21. The van der Waals surface area contributed by atoms with E-state index in [1.54, 1.807) is 19.4 Å². The minimum Gasteiger partial charge on any atom is -0.487 e. The Hall–Kier alpha value is -3.19. The zero-order valence-electron chi connectivity index (χ0n) is 19.6. The molecule has 0 radical (unpaired) electrons. The van der Waals surface area contributed by atoms with Gasteiger partial charge in [0.05, 0.1) is 5.02 Å². The predicted octanol–water partition coefficient (Wildman–Crippen LogP) is 4.70. The van der Waals surface area contributed by atoms with E-state index in [1.807, 2.05) is 31.2 Å². The molecule has 1 aromatic carbocycles. The molecule has 0 unspecified atom stereocenters. The molecule has 178 valence electrons. The third kappa shape index (κ3) is 5.30. The van der Waals surface area contributed by atoms with Crippen LogP contribution in [0.2, 0.25) is 5.02 Å². The number of benzene rings is 1. The van der Waals surface area contributed by atoms with Crippen LogP contribution in [-0.4, -0.2) is 28.8 Å². The van der Waals surface area contributed by atoms with E-state index in [0.29, 0.717) is 28.7 Å². The summed E-state index contributed by atoms with van der Waals surface area (Å²) in [6.45, 7) is 2.50. The average Bonchev–Trinajstić information content (AvgIpc) is 2.86. The zero-order valence-corrected chi connectivity index (χ0v) is 20.4. The summed E-state index contributed by atoms with van der Waals surface area (Å²) in [6.07, 6.45) is 8.68. The number of hydrogen-bond donors (Lipinski definition) is 2. The molecule has 1 fully saturated rings. The number of para-hydroxylation sites is 1. The standard InChI is InChI=1S/C26H30ClN5O2/c1-16-11-20(25(28)29-2)19-9-6-10-23(24(19)32-16)34-15-21-18(12-30-14-22(21)27)13-31-26(33)17-7-4-3-5-8-17/h6,9-12,14,17H,3-5,7-8,13,15H2,1-2H3,(H2,28,29)(H,31,33). The maximum atomic E-state index is 12.6. The summed E-state index contributed by atoms with van der Waals surface area (Å²) in [7, 11) is 1.66. The minimum absolute atomic E-state index is 0.0962. The summed E-state index contributed by atoms with van der Waals surface area (Å²) in [5.41, 5.74) is 10.1. The number of amidine groups is 1. The number of nitrogens with one attached hydrogen (secondary N) is 1. The summed E-state index contributed by atoms with van der Waals surface area (Å²) < 4.78 is 6.21. The summed E-state index contributed by atoms with van der Waals surface area (Å²) in [4.78, 5) is 25.6. The fourth-order valence-corrected chi connectivity index (χ4v) is 4.69. The van der Waals surface area contributed by atoms with Crippen molar-refractivity contribution in [3.8, 4) is 5.75 Å². The van der Waals surface area contributed by atoms with Gasteiger partial charge in [0.1, 0.15) is 23.7 Å². The second-order valence-corrected chi connectivity index (χ2v) is 9.08. The van der Waals surface area contributed by atoms with Crippen molar-refractivity contribution in [3.63, 3.8) is 0 Å².